The average Bonchev–Trinajstić information content (AvgIpc) is 2.85. The van der Waals surface area contributed by atoms with Gasteiger partial charge in [-0.05, 0) is 25.5 Å². The van der Waals surface area contributed by atoms with Gasteiger partial charge in [-0.15, -0.1) is 0 Å². The first kappa shape index (κ1) is 20.8. The van der Waals surface area contributed by atoms with E-state index in [2.05, 4.69) is 10.4 Å². The van der Waals surface area contributed by atoms with Crippen molar-refractivity contribution in [1.82, 2.24) is 14.8 Å². The van der Waals surface area contributed by atoms with Crippen LogP contribution in [-0.4, -0.2) is 20.7 Å². The number of aromatic nitrogens is 3. The zero-order valence-electron chi connectivity index (χ0n) is 14.7. The molecule has 0 atom stereocenters. The van der Waals surface area contributed by atoms with Crippen molar-refractivity contribution in [3.05, 3.63) is 50.7 Å². The Kier molecular flexibility index (Phi) is 6.48. The van der Waals surface area contributed by atoms with Gasteiger partial charge in [-0.3, -0.25) is 14.3 Å². The number of H-pyrrole nitrogens is 1. The average molecular weight is 403 g/mol. The first-order valence-electron chi connectivity index (χ1n) is 8.15. The summed E-state index contributed by atoms with van der Waals surface area (Å²) in [6.45, 7) is 4.39. The molecule has 27 heavy (non-hydrogen) atoms. The fraction of sp³-hybridized carbons (Fsp3) is 0.353. The molecular formula is C17H18ClF3N4O2. The zero-order valence-corrected chi connectivity index (χ0v) is 15.4. The molecule has 0 unspecified atom stereocenters. The standard InChI is InChI=1S/C17H18ClF3N4O2/c1-3-4-7-25-15(18)12(10(2)24-25)5-6-14(26)23-13-8-11(17(19,20)21)9-22-16(13)27/h5-6,8-9H,3-4,7H2,1-2H3,(H,22,27)(H,23,26). The van der Waals surface area contributed by atoms with Gasteiger partial charge in [0.15, 0.2) is 0 Å². The van der Waals surface area contributed by atoms with Crippen molar-refractivity contribution in [2.75, 3.05) is 5.32 Å². The van der Waals surface area contributed by atoms with E-state index in [0.717, 1.165) is 18.9 Å². The van der Waals surface area contributed by atoms with Crippen molar-refractivity contribution in [3.63, 3.8) is 0 Å². The van der Waals surface area contributed by atoms with Crippen molar-refractivity contribution in [3.8, 4) is 0 Å². The highest BCUT2D eigenvalue weighted by Gasteiger charge is 2.31. The lowest BCUT2D eigenvalue weighted by Gasteiger charge is -2.08. The molecule has 146 valence electrons. The Balaban J connectivity index is 2.17. The molecular weight excluding hydrogens is 385 g/mol. The minimum absolute atomic E-state index is 0.363. The van der Waals surface area contributed by atoms with E-state index in [0.29, 0.717) is 35.2 Å². The first-order chi connectivity index (χ1) is 12.6. The number of pyridine rings is 1. The predicted molar refractivity (Wildman–Crippen MR) is 96.6 cm³/mol. The quantitative estimate of drug-likeness (QED) is 0.716. The number of carbonyl (C=O) groups excluding carboxylic acids is 1. The maximum atomic E-state index is 12.7. The Morgan fingerprint density at radius 2 is 2.15 bits per heavy atom. The molecule has 1 amide bonds. The van der Waals surface area contributed by atoms with Crippen molar-refractivity contribution >= 4 is 29.3 Å². The third-order valence-electron chi connectivity index (χ3n) is 3.72. The Morgan fingerprint density at radius 1 is 1.44 bits per heavy atom. The SMILES string of the molecule is CCCCn1nc(C)c(C=CC(=O)Nc2cc(C(F)(F)F)c[nH]c2=O)c1Cl. The van der Waals surface area contributed by atoms with E-state index < -0.39 is 28.9 Å². The van der Waals surface area contributed by atoms with Gasteiger partial charge in [-0.1, -0.05) is 24.9 Å². The van der Waals surface area contributed by atoms with Crippen LogP contribution >= 0.6 is 11.6 Å². The van der Waals surface area contributed by atoms with Gasteiger partial charge >= 0.3 is 6.18 Å². The highest BCUT2D eigenvalue weighted by atomic mass is 35.5. The van der Waals surface area contributed by atoms with Gasteiger partial charge in [-0.2, -0.15) is 18.3 Å². The minimum atomic E-state index is -4.64. The summed E-state index contributed by atoms with van der Waals surface area (Å²) in [7, 11) is 0. The lowest BCUT2D eigenvalue weighted by atomic mass is 10.2. The number of amides is 1. The second-order valence-electron chi connectivity index (χ2n) is 5.82. The Labute approximate surface area is 158 Å². The summed E-state index contributed by atoms with van der Waals surface area (Å²) in [5.74, 6) is -0.767. The number of alkyl halides is 3. The van der Waals surface area contributed by atoms with Crippen molar-refractivity contribution in [2.45, 2.75) is 39.4 Å². The second-order valence-corrected chi connectivity index (χ2v) is 6.18. The summed E-state index contributed by atoms with van der Waals surface area (Å²) in [6.07, 6.45) is 0.250. The van der Waals surface area contributed by atoms with Crippen LogP contribution in [0.2, 0.25) is 5.15 Å². The van der Waals surface area contributed by atoms with E-state index in [9.17, 15) is 22.8 Å². The molecule has 0 saturated heterocycles. The lowest BCUT2D eigenvalue weighted by Crippen LogP contribution is -2.20. The number of anilines is 1. The molecule has 10 heteroatoms. The molecule has 0 aliphatic rings. The number of hydrogen-bond acceptors (Lipinski definition) is 3. The van der Waals surface area contributed by atoms with Crippen LogP contribution < -0.4 is 10.9 Å². The number of unbranched alkanes of at least 4 members (excludes halogenated alkanes) is 1. The molecule has 0 spiro atoms. The fourth-order valence-electron chi connectivity index (χ4n) is 2.29. The van der Waals surface area contributed by atoms with Gasteiger partial charge in [0, 0.05) is 24.4 Å². The third kappa shape index (κ3) is 5.22. The minimum Gasteiger partial charge on any atom is -0.327 e. The monoisotopic (exact) mass is 402 g/mol. The molecule has 2 rings (SSSR count). The molecule has 0 aliphatic carbocycles. The van der Waals surface area contributed by atoms with E-state index in [1.807, 2.05) is 11.9 Å². The molecule has 0 saturated carbocycles. The first-order valence-corrected chi connectivity index (χ1v) is 8.53. The zero-order chi connectivity index (χ0) is 20.2. The molecule has 0 bridgehead atoms. The van der Waals surface area contributed by atoms with Crippen LogP contribution in [-0.2, 0) is 17.5 Å². The molecule has 0 aromatic carbocycles. The van der Waals surface area contributed by atoms with Gasteiger partial charge in [0.1, 0.15) is 10.8 Å². The Hall–Kier alpha value is -2.55. The van der Waals surface area contributed by atoms with E-state index in [1.165, 1.54) is 6.08 Å². The summed E-state index contributed by atoms with van der Waals surface area (Å²) < 4.78 is 39.8. The second kappa shape index (κ2) is 8.43. The van der Waals surface area contributed by atoms with E-state index in [4.69, 9.17) is 11.6 Å². The van der Waals surface area contributed by atoms with Gasteiger partial charge in [0.25, 0.3) is 5.56 Å². The number of halogens is 4. The van der Waals surface area contributed by atoms with E-state index in [-0.39, 0.29) is 0 Å². The highest BCUT2D eigenvalue weighted by Crippen LogP contribution is 2.29. The molecule has 0 radical (unpaired) electrons. The fourth-order valence-corrected chi connectivity index (χ4v) is 2.61. The van der Waals surface area contributed by atoms with Gasteiger partial charge < -0.3 is 10.3 Å². The summed E-state index contributed by atoms with van der Waals surface area (Å²) in [5.41, 5.74) is -1.28. The number of aromatic amines is 1. The number of hydrogen-bond donors (Lipinski definition) is 2. The normalized spacial score (nSPS) is 11.9. The van der Waals surface area contributed by atoms with Crippen molar-refractivity contribution < 1.29 is 18.0 Å². The van der Waals surface area contributed by atoms with Crippen LogP contribution in [0.25, 0.3) is 6.08 Å². The topological polar surface area (TPSA) is 79.8 Å². The van der Waals surface area contributed by atoms with Crippen LogP contribution in [0.3, 0.4) is 0 Å². The smallest absolute Gasteiger partial charge is 0.327 e. The Bertz CT molecular complexity index is 916. The molecule has 2 aromatic heterocycles. The summed E-state index contributed by atoms with van der Waals surface area (Å²) >= 11 is 6.24. The van der Waals surface area contributed by atoms with Gasteiger partial charge in [0.2, 0.25) is 5.91 Å². The van der Waals surface area contributed by atoms with E-state index in [1.54, 1.807) is 11.6 Å². The van der Waals surface area contributed by atoms with Crippen LogP contribution in [0.1, 0.15) is 36.6 Å². The number of rotatable bonds is 6. The number of carbonyl (C=O) groups is 1. The van der Waals surface area contributed by atoms with Crippen molar-refractivity contribution in [1.29, 1.82) is 0 Å². The maximum absolute atomic E-state index is 12.7. The summed E-state index contributed by atoms with van der Waals surface area (Å²) in [5, 5.41) is 6.78. The molecule has 0 aliphatic heterocycles. The largest absolute Gasteiger partial charge is 0.417 e. The number of nitrogens with zero attached hydrogens (tertiary/aromatic N) is 2. The van der Waals surface area contributed by atoms with Gasteiger partial charge in [-0.25, -0.2) is 0 Å². The maximum Gasteiger partial charge on any atom is 0.417 e. The Morgan fingerprint density at radius 3 is 2.78 bits per heavy atom. The van der Waals surface area contributed by atoms with Crippen molar-refractivity contribution in [2.24, 2.45) is 0 Å². The van der Waals surface area contributed by atoms with Crippen LogP contribution in [0.4, 0.5) is 18.9 Å². The molecule has 2 heterocycles. The predicted octanol–water partition coefficient (Wildman–Crippen LogP) is 4.00. The van der Waals surface area contributed by atoms with Crippen LogP contribution in [0, 0.1) is 6.92 Å². The van der Waals surface area contributed by atoms with E-state index >= 15 is 0 Å². The van der Waals surface area contributed by atoms with Crippen LogP contribution in [0.5, 0.6) is 0 Å². The van der Waals surface area contributed by atoms with Gasteiger partial charge in [0.05, 0.1) is 11.3 Å². The highest BCUT2D eigenvalue weighted by molar-refractivity contribution is 6.31. The molecule has 2 aromatic rings. The molecule has 0 fully saturated rings. The molecule has 2 N–H and O–H groups in total. The molecule has 6 nitrogen and oxygen atoms in total. The third-order valence-corrected chi connectivity index (χ3v) is 4.12. The number of aryl methyl sites for hydroxylation is 2. The van der Waals surface area contributed by atoms with Crippen LogP contribution in [0.15, 0.2) is 23.1 Å². The summed E-state index contributed by atoms with van der Waals surface area (Å²) in [6, 6.07) is 0.575. The lowest BCUT2D eigenvalue weighted by molar-refractivity contribution is -0.137. The summed E-state index contributed by atoms with van der Waals surface area (Å²) in [4.78, 5) is 25.6. The number of nitrogens with one attached hydrogen (secondary N) is 2.